The van der Waals surface area contributed by atoms with Crippen molar-refractivity contribution in [2.75, 3.05) is 20.2 Å². The summed E-state index contributed by atoms with van der Waals surface area (Å²) in [5, 5.41) is 2.74. The molecular weight excluding hydrogens is 260 g/mol. The number of rotatable bonds is 2. The Labute approximate surface area is 117 Å². The first-order valence-corrected chi connectivity index (χ1v) is 6.55. The summed E-state index contributed by atoms with van der Waals surface area (Å²) in [5.74, 6) is 0.535. The van der Waals surface area contributed by atoms with Crippen molar-refractivity contribution in [2.24, 2.45) is 0 Å². The van der Waals surface area contributed by atoms with Gasteiger partial charge in [-0.2, -0.15) is 0 Å². The molecule has 108 valence electrons. The van der Waals surface area contributed by atoms with Crippen LogP contribution in [0.15, 0.2) is 30.3 Å². The Morgan fingerprint density at radius 2 is 1.85 bits per heavy atom. The minimum Gasteiger partial charge on any atom is -0.453 e. The number of hydrogen-bond acceptors (Lipinski definition) is 4. The summed E-state index contributed by atoms with van der Waals surface area (Å²) in [6.07, 6.45) is 0.598. The van der Waals surface area contributed by atoms with E-state index >= 15 is 0 Å². The third kappa shape index (κ3) is 3.88. The molecule has 1 saturated heterocycles. The first kappa shape index (κ1) is 14.2. The third-order valence-corrected chi connectivity index (χ3v) is 3.21. The van der Waals surface area contributed by atoms with E-state index in [2.05, 4.69) is 10.1 Å². The molecule has 1 heterocycles. The minimum atomic E-state index is -0.435. The first-order chi connectivity index (χ1) is 9.69. The van der Waals surface area contributed by atoms with Crippen LogP contribution in [-0.4, -0.2) is 43.3 Å². The van der Waals surface area contributed by atoms with Gasteiger partial charge in [0.1, 0.15) is 5.75 Å². The lowest BCUT2D eigenvalue weighted by Gasteiger charge is -2.31. The van der Waals surface area contributed by atoms with Gasteiger partial charge in [-0.05, 0) is 25.0 Å². The highest BCUT2D eigenvalue weighted by Gasteiger charge is 2.25. The molecule has 0 aromatic heterocycles. The molecule has 1 aliphatic rings. The van der Waals surface area contributed by atoms with Crippen LogP contribution in [0.2, 0.25) is 0 Å². The SMILES string of the molecule is COC(=O)NC1CCN(C(=O)Oc2ccccc2)CC1. The lowest BCUT2D eigenvalue weighted by atomic mass is 10.1. The predicted molar refractivity (Wildman–Crippen MR) is 72.6 cm³/mol. The molecule has 6 heteroatoms. The summed E-state index contributed by atoms with van der Waals surface area (Å²) < 4.78 is 9.82. The lowest BCUT2D eigenvalue weighted by molar-refractivity contribution is 0.130. The van der Waals surface area contributed by atoms with Crippen molar-refractivity contribution >= 4 is 12.2 Å². The van der Waals surface area contributed by atoms with Gasteiger partial charge < -0.3 is 19.7 Å². The Balaban J connectivity index is 1.78. The molecule has 0 saturated carbocycles. The number of methoxy groups -OCH3 is 1. The zero-order valence-electron chi connectivity index (χ0n) is 11.4. The second-order valence-electron chi connectivity index (χ2n) is 4.58. The highest BCUT2D eigenvalue weighted by Crippen LogP contribution is 2.14. The molecule has 1 aliphatic heterocycles. The lowest BCUT2D eigenvalue weighted by Crippen LogP contribution is -2.47. The number of carbonyl (C=O) groups excluding carboxylic acids is 2. The molecule has 2 amide bonds. The van der Waals surface area contributed by atoms with Crippen LogP contribution in [0.25, 0.3) is 0 Å². The van der Waals surface area contributed by atoms with E-state index < -0.39 is 6.09 Å². The van der Waals surface area contributed by atoms with Crippen LogP contribution in [0.5, 0.6) is 5.75 Å². The number of nitrogens with zero attached hydrogens (tertiary/aromatic N) is 1. The molecule has 0 radical (unpaired) electrons. The van der Waals surface area contributed by atoms with Crippen LogP contribution >= 0.6 is 0 Å². The number of hydrogen-bond donors (Lipinski definition) is 1. The van der Waals surface area contributed by atoms with Crippen molar-refractivity contribution in [3.8, 4) is 5.75 Å². The number of para-hydroxylation sites is 1. The van der Waals surface area contributed by atoms with Gasteiger partial charge in [0, 0.05) is 19.1 Å². The quantitative estimate of drug-likeness (QED) is 0.898. The van der Waals surface area contributed by atoms with Gasteiger partial charge in [0.2, 0.25) is 0 Å². The summed E-state index contributed by atoms with van der Waals surface area (Å²) in [5.41, 5.74) is 0. The fourth-order valence-corrected chi connectivity index (χ4v) is 2.09. The van der Waals surface area contributed by atoms with Gasteiger partial charge in [-0.3, -0.25) is 0 Å². The van der Waals surface area contributed by atoms with Crippen LogP contribution in [0.3, 0.4) is 0 Å². The van der Waals surface area contributed by atoms with Gasteiger partial charge in [0.05, 0.1) is 7.11 Å². The average molecular weight is 278 g/mol. The van der Waals surface area contributed by atoms with Gasteiger partial charge in [-0.25, -0.2) is 9.59 Å². The maximum absolute atomic E-state index is 11.9. The molecule has 0 atom stereocenters. The van der Waals surface area contributed by atoms with E-state index in [0.717, 1.165) is 0 Å². The average Bonchev–Trinajstić information content (AvgIpc) is 2.49. The molecule has 20 heavy (non-hydrogen) atoms. The van der Waals surface area contributed by atoms with E-state index in [1.807, 2.05) is 18.2 Å². The summed E-state index contributed by atoms with van der Waals surface area (Å²) in [4.78, 5) is 24.7. The van der Waals surface area contributed by atoms with Crippen LogP contribution in [-0.2, 0) is 4.74 Å². The van der Waals surface area contributed by atoms with Crippen molar-refractivity contribution in [2.45, 2.75) is 18.9 Å². The Morgan fingerprint density at radius 1 is 1.20 bits per heavy atom. The molecule has 0 spiro atoms. The standard InChI is InChI=1S/C14H18N2O4/c1-19-13(17)15-11-7-9-16(10-8-11)14(18)20-12-5-3-2-4-6-12/h2-6,11H,7-10H2,1H3,(H,15,17). The number of amides is 2. The summed E-state index contributed by atoms with van der Waals surface area (Å²) >= 11 is 0. The predicted octanol–water partition coefficient (Wildman–Crippen LogP) is 2.01. The van der Waals surface area contributed by atoms with Gasteiger partial charge >= 0.3 is 12.2 Å². The van der Waals surface area contributed by atoms with Gasteiger partial charge in [-0.15, -0.1) is 0 Å². The maximum atomic E-state index is 11.9. The fourth-order valence-electron chi connectivity index (χ4n) is 2.09. The molecule has 1 fully saturated rings. The highest BCUT2D eigenvalue weighted by atomic mass is 16.6. The zero-order chi connectivity index (χ0) is 14.4. The van der Waals surface area contributed by atoms with Gasteiger partial charge in [0.15, 0.2) is 0 Å². The van der Waals surface area contributed by atoms with Crippen LogP contribution in [0, 0.1) is 0 Å². The molecule has 6 nitrogen and oxygen atoms in total. The molecule has 1 N–H and O–H groups in total. The number of ether oxygens (including phenoxy) is 2. The van der Waals surface area contributed by atoms with Crippen molar-refractivity contribution in [3.05, 3.63) is 30.3 Å². The molecule has 0 unspecified atom stereocenters. The number of benzene rings is 1. The number of alkyl carbamates (subject to hydrolysis) is 1. The monoisotopic (exact) mass is 278 g/mol. The minimum absolute atomic E-state index is 0.0447. The van der Waals surface area contributed by atoms with Gasteiger partial charge in [0.25, 0.3) is 0 Å². The van der Waals surface area contributed by atoms with Crippen molar-refractivity contribution in [1.29, 1.82) is 0 Å². The molecule has 1 aromatic rings. The Kier molecular flexibility index (Phi) is 4.81. The summed E-state index contributed by atoms with van der Waals surface area (Å²) in [6, 6.07) is 9.02. The zero-order valence-corrected chi connectivity index (χ0v) is 11.4. The van der Waals surface area contributed by atoms with Crippen molar-refractivity contribution in [1.82, 2.24) is 10.2 Å². The largest absolute Gasteiger partial charge is 0.453 e. The van der Waals surface area contributed by atoms with E-state index in [-0.39, 0.29) is 12.1 Å². The van der Waals surface area contributed by atoms with Crippen LogP contribution in [0.1, 0.15) is 12.8 Å². The van der Waals surface area contributed by atoms with Crippen molar-refractivity contribution < 1.29 is 19.1 Å². The number of likely N-dealkylation sites (tertiary alicyclic amines) is 1. The second-order valence-corrected chi connectivity index (χ2v) is 4.58. The molecule has 0 aliphatic carbocycles. The maximum Gasteiger partial charge on any atom is 0.415 e. The van der Waals surface area contributed by atoms with Crippen LogP contribution in [0.4, 0.5) is 9.59 Å². The molecule has 1 aromatic carbocycles. The Bertz CT molecular complexity index is 456. The van der Waals surface area contributed by atoms with E-state index in [1.54, 1.807) is 17.0 Å². The second kappa shape index (κ2) is 6.79. The third-order valence-electron chi connectivity index (χ3n) is 3.21. The van der Waals surface area contributed by atoms with Crippen LogP contribution < -0.4 is 10.1 Å². The number of piperidine rings is 1. The highest BCUT2D eigenvalue weighted by molar-refractivity contribution is 5.71. The number of carbonyl (C=O) groups is 2. The van der Waals surface area contributed by atoms with Crippen molar-refractivity contribution in [3.63, 3.8) is 0 Å². The fraction of sp³-hybridized carbons (Fsp3) is 0.429. The van der Waals surface area contributed by atoms with E-state index in [1.165, 1.54) is 7.11 Å². The summed E-state index contributed by atoms with van der Waals surface area (Å²) in [6.45, 7) is 1.11. The van der Waals surface area contributed by atoms with E-state index in [4.69, 9.17) is 4.74 Å². The van der Waals surface area contributed by atoms with E-state index in [9.17, 15) is 9.59 Å². The number of nitrogens with one attached hydrogen (secondary N) is 1. The van der Waals surface area contributed by atoms with E-state index in [0.29, 0.717) is 31.7 Å². The Morgan fingerprint density at radius 3 is 2.45 bits per heavy atom. The normalized spacial score (nSPS) is 15.6. The Hall–Kier alpha value is -2.24. The molecular formula is C14H18N2O4. The topological polar surface area (TPSA) is 67.9 Å². The molecule has 0 bridgehead atoms. The molecule has 2 rings (SSSR count). The smallest absolute Gasteiger partial charge is 0.415 e. The first-order valence-electron chi connectivity index (χ1n) is 6.55. The van der Waals surface area contributed by atoms with Gasteiger partial charge in [-0.1, -0.05) is 18.2 Å². The summed E-state index contributed by atoms with van der Waals surface area (Å²) in [7, 11) is 1.34.